The summed E-state index contributed by atoms with van der Waals surface area (Å²) in [6.45, 7) is 1.66. The van der Waals surface area contributed by atoms with Crippen LogP contribution in [-0.2, 0) is 0 Å². The summed E-state index contributed by atoms with van der Waals surface area (Å²) in [6, 6.07) is 12.0. The molecule has 116 valence electrons. The van der Waals surface area contributed by atoms with Crippen LogP contribution in [0, 0.1) is 6.92 Å². The molecule has 5 nitrogen and oxygen atoms in total. The van der Waals surface area contributed by atoms with Gasteiger partial charge >= 0.3 is 5.97 Å². The molecule has 0 saturated carbocycles. The Bertz CT molecular complexity index is 955. The van der Waals surface area contributed by atoms with Crippen LogP contribution in [0.15, 0.2) is 51.7 Å². The third-order valence-corrected chi connectivity index (χ3v) is 3.69. The van der Waals surface area contributed by atoms with Crippen LogP contribution in [-0.4, -0.2) is 18.2 Å². The lowest BCUT2D eigenvalue weighted by atomic mass is 10.0. The SMILES string of the molecule is COc1cc(C(=O)O)c2oc(-c3ccccc3)c(C)c(=O)c2c1. The third kappa shape index (κ3) is 2.46. The number of hydrogen-bond acceptors (Lipinski definition) is 4. The number of aromatic carboxylic acids is 1. The van der Waals surface area contributed by atoms with Gasteiger partial charge in [0, 0.05) is 11.1 Å². The smallest absolute Gasteiger partial charge is 0.339 e. The molecule has 0 radical (unpaired) electrons. The van der Waals surface area contributed by atoms with Crippen LogP contribution in [0.2, 0.25) is 0 Å². The molecule has 0 spiro atoms. The zero-order valence-electron chi connectivity index (χ0n) is 12.6. The minimum absolute atomic E-state index is 0.0488. The number of ether oxygens (including phenoxy) is 1. The van der Waals surface area contributed by atoms with Crippen LogP contribution in [0.1, 0.15) is 15.9 Å². The minimum Gasteiger partial charge on any atom is -0.497 e. The lowest BCUT2D eigenvalue weighted by molar-refractivity contribution is 0.0697. The Balaban J connectivity index is 2.44. The summed E-state index contributed by atoms with van der Waals surface area (Å²) in [5.41, 5.74) is 0.817. The van der Waals surface area contributed by atoms with Crippen molar-refractivity contribution in [1.29, 1.82) is 0 Å². The highest BCUT2D eigenvalue weighted by Crippen LogP contribution is 2.30. The van der Waals surface area contributed by atoms with E-state index in [1.165, 1.54) is 19.2 Å². The molecule has 1 heterocycles. The summed E-state index contributed by atoms with van der Waals surface area (Å²) < 4.78 is 10.9. The Kier molecular flexibility index (Phi) is 3.62. The molecule has 1 N–H and O–H groups in total. The van der Waals surface area contributed by atoms with Gasteiger partial charge in [-0.2, -0.15) is 0 Å². The standard InChI is InChI=1S/C18H14O5/c1-10-15(19)13-8-12(22-2)9-14(18(20)21)17(13)23-16(10)11-6-4-3-5-7-11/h3-9H,1-2H3,(H,20,21). The van der Waals surface area contributed by atoms with Gasteiger partial charge in [0.1, 0.15) is 17.1 Å². The highest BCUT2D eigenvalue weighted by Gasteiger charge is 2.19. The fraction of sp³-hybridized carbons (Fsp3) is 0.111. The molecule has 0 atom stereocenters. The fourth-order valence-electron chi connectivity index (χ4n) is 2.51. The van der Waals surface area contributed by atoms with Crippen molar-refractivity contribution in [3.8, 4) is 17.1 Å². The molecule has 0 bridgehead atoms. The van der Waals surface area contributed by atoms with Crippen LogP contribution >= 0.6 is 0 Å². The topological polar surface area (TPSA) is 76.7 Å². The molecule has 0 aliphatic heterocycles. The zero-order valence-corrected chi connectivity index (χ0v) is 12.6. The second-order valence-corrected chi connectivity index (χ2v) is 5.11. The molecule has 0 aliphatic rings. The van der Waals surface area contributed by atoms with Crippen molar-refractivity contribution in [3.05, 3.63) is 63.8 Å². The molecule has 0 amide bonds. The molecule has 2 aromatic carbocycles. The normalized spacial score (nSPS) is 10.7. The maximum absolute atomic E-state index is 12.7. The first-order valence-electron chi connectivity index (χ1n) is 6.97. The molecule has 0 fully saturated rings. The molecular formula is C18H14O5. The molecule has 0 aliphatic carbocycles. The van der Waals surface area contributed by atoms with Gasteiger partial charge in [-0.1, -0.05) is 30.3 Å². The molecule has 0 unspecified atom stereocenters. The molecule has 23 heavy (non-hydrogen) atoms. The van der Waals surface area contributed by atoms with E-state index in [1.54, 1.807) is 19.1 Å². The van der Waals surface area contributed by atoms with Gasteiger partial charge in [-0.15, -0.1) is 0 Å². The second-order valence-electron chi connectivity index (χ2n) is 5.11. The zero-order chi connectivity index (χ0) is 16.6. The highest BCUT2D eigenvalue weighted by molar-refractivity contribution is 6.02. The maximum Gasteiger partial charge on any atom is 0.339 e. The van der Waals surface area contributed by atoms with Crippen LogP contribution in [0.25, 0.3) is 22.3 Å². The molecule has 1 aromatic heterocycles. The van der Waals surface area contributed by atoms with Crippen molar-refractivity contribution in [3.63, 3.8) is 0 Å². The largest absolute Gasteiger partial charge is 0.497 e. The number of rotatable bonds is 3. The van der Waals surface area contributed by atoms with Crippen molar-refractivity contribution in [2.24, 2.45) is 0 Å². The third-order valence-electron chi connectivity index (χ3n) is 3.69. The van der Waals surface area contributed by atoms with Gasteiger partial charge < -0.3 is 14.3 Å². The van der Waals surface area contributed by atoms with Crippen LogP contribution in [0.5, 0.6) is 5.75 Å². The summed E-state index contributed by atoms with van der Waals surface area (Å²) in [5, 5.41) is 9.60. The number of methoxy groups -OCH3 is 1. The van der Waals surface area contributed by atoms with E-state index in [9.17, 15) is 14.7 Å². The van der Waals surface area contributed by atoms with Gasteiger partial charge in [0.25, 0.3) is 0 Å². The van der Waals surface area contributed by atoms with Gasteiger partial charge in [-0.25, -0.2) is 4.79 Å². The van der Waals surface area contributed by atoms with Crippen molar-refractivity contribution in [2.75, 3.05) is 7.11 Å². The van der Waals surface area contributed by atoms with E-state index >= 15 is 0 Å². The number of hydrogen-bond donors (Lipinski definition) is 1. The lowest BCUT2D eigenvalue weighted by Gasteiger charge is -2.10. The minimum atomic E-state index is -1.18. The quantitative estimate of drug-likeness (QED) is 0.801. The first-order chi connectivity index (χ1) is 11.0. The van der Waals surface area contributed by atoms with Gasteiger partial charge in [0.2, 0.25) is 0 Å². The Hall–Kier alpha value is -3.08. The first kappa shape index (κ1) is 14.8. The first-order valence-corrected chi connectivity index (χ1v) is 6.97. The Morgan fingerprint density at radius 2 is 1.87 bits per heavy atom. The van der Waals surface area contributed by atoms with Gasteiger partial charge in [-0.05, 0) is 19.1 Å². The van der Waals surface area contributed by atoms with E-state index in [-0.39, 0.29) is 22.0 Å². The molecule has 3 rings (SSSR count). The summed E-state index contributed by atoms with van der Waals surface area (Å²) >= 11 is 0. The van der Waals surface area contributed by atoms with E-state index < -0.39 is 5.97 Å². The van der Waals surface area contributed by atoms with Gasteiger partial charge in [0.15, 0.2) is 11.0 Å². The van der Waals surface area contributed by atoms with Crippen LogP contribution < -0.4 is 10.2 Å². The van der Waals surface area contributed by atoms with Crippen LogP contribution in [0.3, 0.4) is 0 Å². The van der Waals surface area contributed by atoms with Gasteiger partial charge in [0.05, 0.1) is 12.5 Å². The number of carbonyl (C=O) groups is 1. The summed E-state index contributed by atoms with van der Waals surface area (Å²) in [4.78, 5) is 24.2. The number of carboxylic acids is 1. The van der Waals surface area contributed by atoms with Crippen molar-refractivity contribution in [1.82, 2.24) is 0 Å². The second kappa shape index (κ2) is 5.61. The average Bonchev–Trinajstić information content (AvgIpc) is 2.57. The number of fused-ring (bicyclic) bond motifs is 1. The van der Waals surface area contributed by atoms with Crippen molar-refractivity contribution >= 4 is 16.9 Å². The molecule has 3 aromatic rings. The monoisotopic (exact) mass is 310 g/mol. The predicted molar refractivity (Wildman–Crippen MR) is 86.2 cm³/mol. The molecule has 5 heteroatoms. The van der Waals surface area contributed by atoms with Crippen LogP contribution in [0.4, 0.5) is 0 Å². The van der Waals surface area contributed by atoms with Crippen molar-refractivity contribution < 1.29 is 19.1 Å². The summed E-state index contributed by atoms with van der Waals surface area (Å²) in [5.74, 6) is -0.509. The average molecular weight is 310 g/mol. The number of carboxylic acid groups (broad SMARTS) is 1. The van der Waals surface area contributed by atoms with E-state index in [4.69, 9.17) is 9.15 Å². The Morgan fingerprint density at radius 3 is 2.48 bits per heavy atom. The number of benzene rings is 2. The maximum atomic E-state index is 12.7. The highest BCUT2D eigenvalue weighted by atomic mass is 16.5. The lowest BCUT2D eigenvalue weighted by Crippen LogP contribution is -2.10. The Labute approximate surface area is 131 Å². The molecular weight excluding hydrogens is 296 g/mol. The Morgan fingerprint density at radius 1 is 1.17 bits per heavy atom. The predicted octanol–water partition coefficient (Wildman–Crippen LogP) is 3.48. The van der Waals surface area contributed by atoms with Crippen molar-refractivity contribution in [2.45, 2.75) is 6.92 Å². The summed E-state index contributed by atoms with van der Waals surface area (Å²) in [6.07, 6.45) is 0. The fourth-order valence-corrected chi connectivity index (χ4v) is 2.51. The molecule has 0 saturated heterocycles. The summed E-state index contributed by atoms with van der Waals surface area (Å²) in [7, 11) is 1.42. The van der Waals surface area contributed by atoms with Gasteiger partial charge in [-0.3, -0.25) is 4.79 Å². The van der Waals surface area contributed by atoms with E-state index in [0.29, 0.717) is 17.1 Å². The van der Waals surface area contributed by atoms with E-state index in [0.717, 1.165) is 5.56 Å². The van der Waals surface area contributed by atoms with E-state index in [1.807, 2.05) is 18.2 Å². The van der Waals surface area contributed by atoms with E-state index in [2.05, 4.69) is 0 Å².